The molecule has 4 heteroatoms. The largest absolute Gasteiger partial charge is 1.00 e. The summed E-state index contributed by atoms with van der Waals surface area (Å²) in [5.41, 5.74) is 1.62. The van der Waals surface area contributed by atoms with E-state index in [1.54, 1.807) is 36.4 Å². The van der Waals surface area contributed by atoms with Crippen LogP contribution in [0.4, 0.5) is 0 Å². The molecule has 0 amide bonds. The minimum absolute atomic E-state index is 0. The predicted molar refractivity (Wildman–Crippen MR) is 72.1 cm³/mol. The second-order valence-electron chi connectivity index (χ2n) is 4.45. The first-order valence-corrected chi connectivity index (χ1v) is 5.97. The molecule has 0 spiro atoms. The van der Waals surface area contributed by atoms with E-state index in [1.165, 1.54) is 0 Å². The van der Waals surface area contributed by atoms with Gasteiger partial charge in [-0.25, -0.2) is 0 Å². The van der Waals surface area contributed by atoms with Crippen LogP contribution in [0.2, 0.25) is 0 Å². The molecule has 1 heterocycles. The van der Waals surface area contributed by atoms with Gasteiger partial charge >= 0.3 is 51.4 Å². The van der Waals surface area contributed by atoms with Crippen molar-refractivity contribution in [2.75, 3.05) is 0 Å². The quantitative estimate of drug-likeness (QED) is 0.586. The molecule has 0 aliphatic carbocycles. The minimum Gasteiger partial charge on any atom is -0.867 e. The zero-order valence-corrected chi connectivity index (χ0v) is 14.5. The summed E-state index contributed by atoms with van der Waals surface area (Å²) >= 11 is 0. The van der Waals surface area contributed by atoms with Gasteiger partial charge in [0.25, 0.3) is 0 Å². The summed E-state index contributed by atoms with van der Waals surface area (Å²) in [7, 11) is 0. The zero-order valence-electron chi connectivity index (χ0n) is 11.3. The summed E-state index contributed by atoms with van der Waals surface area (Å²) in [5.74, 6) is -0.494. The molecule has 0 fully saturated rings. The van der Waals surface area contributed by atoms with Crippen molar-refractivity contribution in [3.05, 3.63) is 64.3 Å². The molecule has 0 N–H and O–H groups in total. The molecule has 2 aromatic carbocycles. The SMILES string of the molecule is Cc1ccc(-c2oc3ccccc3c(=O)c2[O-])cc1.[K+]. The Labute approximate surface area is 158 Å². The number of para-hydroxylation sites is 1. The molecule has 0 aliphatic heterocycles. The Morgan fingerprint density at radius 3 is 2.35 bits per heavy atom. The third-order valence-corrected chi connectivity index (χ3v) is 3.07. The van der Waals surface area contributed by atoms with Crippen molar-refractivity contribution in [1.82, 2.24) is 0 Å². The Balaban J connectivity index is 0.00000147. The van der Waals surface area contributed by atoms with E-state index in [2.05, 4.69) is 0 Å². The van der Waals surface area contributed by atoms with Crippen molar-refractivity contribution in [2.24, 2.45) is 0 Å². The van der Waals surface area contributed by atoms with Gasteiger partial charge in [-0.15, -0.1) is 0 Å². The van der Waals surface area contributed by atoms with Gasteiger partial charge in [0.15, 0.2) is 5.43 Å². The number of fused-ring (bicyclic) bond motifs is 1. The van der Waals surface area contributed by atoms with Crippen LogP contribution in [0.15, 0.2) is 57.7 Å². The van der Waals surface area contributed by atoms with E-state index >= 15 is 0 Å². The number of hydrogen-bond donors (Lipinski definition) is 0. The van der Waals surface area contributed by atoms with Crippen LogP contribution in [0, 0.1) is 6.92 Å². The molecule has 0 saturated heterocycles. The van der Waals surface area contributed by atoms with E-state index in [-0.39, 0.29) is 57.1 Å². The maximum absolute atomic E-state index is 12.1. The van der Waals surface area contributed by atoms with Gasteiger partial charge in [-0.1, -0.05) is 42.0 Å². The third kappa shape index (κ3) is 2.75. The summed E-state index contributed by atoms with van der Waals surface area (Å²) in [6.07, 6.45) is 0. The normalized spacial score (nSPS) is 10.2. The van der Waals surface area contributed by atoms with Crippen molar-refractivity contribution >= 4 is 11.0 Å². The van der Waals surface area contributed by atoms with Crippen molar-refractivity contribution in [3.63, 3.8) is 0 Å². The van der Waals surface area contributed by atoms with E-state index in [1.807, 2.05) is 19.1 Å². The number of rotatable bonds is 1. The molecular formula is C16H11KO3. The molecule has 3 rings (SSSR count). The number of aryl methyl sites for hydroxylation is 1. The Bertz CT molecular complexity index is 804. The van der Waals surface area contributed by atoms with Crippen LogP contribution in [0.3, 0.4) is 0 Å². The van der Waals surface area contributed by atoms with Crippen molar-refractivity contribution < 1.29 is 60.9 Å². The summed E-state index contributed by atoms with van der Waals surface area (Å²) in [5, 5.41) is 12.4. The predicted octanol–water partition coefficient (Wildman–Crippen LogP) is -0.154. The second-order valence-corrected chi connectivity index (χ2v) is 4.45. The van der Waals surface area contributed by atoms with E-state index in [4.69, 9.17) is 4.42 Å². The molecule has 20 heavy (non-hydrogen) atoms. The van der Waals surface area contributed by atoms with E-state index < -0.39 is 11.2 Å². The smallest absolute Gasteiger partial charge is 0.867 e. The zero-order chi connectivity index (χ0) is 13.4. The van der Waals surface area contributed by atoms with Crippen molar-refractivity contribution in [1.29, 1.82) is 0 Å². The Hall–Kier alpha value is -0.914. The first-order valence-electron chi connectivity index (χ1n) is 5.97. The van der Waals surface area contributed by atoms with Gasteiger partial charge in [-0.3, -0.25) is 4.79 Å². The van der Waals surface area contributed by atoms with Crippen LogP contribution in [0.1, 0.15) is 5.56 Å². The fraction of sp³-hybridized carbons (Fsp3) is 0.0625. The molecule has 0 saturated carbocycles. The maximum atomic E-state index is 12.1. The van der Waals surface area contributed by atoms with E-state index in [0.29, 0.717) is 16.5 Å². The second kappa shape index (κ2) is 6.24. The molecule has 3 nitrogen and oxygen atoms in total. The van der Waals surface area contributed by atoms with E-state index in [9.17, 15) is 9.90 Å². The maximum Gasteiger partial charge on any atom is 1.00 e. The summed E-state index contributed by atoms with van der Waals surface area (Å²) in [6, 6.07) is 14.1. The van der Waals surface area contributed by atoms with Crippen LogP contribution >= 0.6 is 0 Å². The van der Waals surface area contributed by atoms with Gasteiger partial charge in [0.2, 0.25) is 0 Å². The topological polar surface area (TPSA) is 53.3 Å². The molecular weight excluding hydrogens is 279 g/mol. The summed E-state index contributed by atoms with van der Waals surface area (Å²) < 4.78 is 5.59. The molecule has 0 bridgehead atoms. The van der Waals surface area contributed by atoms with Crippen molar-refractivity contribution in [3.8, 4) is 17.1 Å². The Morgan fingerprint density at radius 2 is 1.65 bits per heavy atom. The van der Waals surface area contributed by atoms with Crippen LogP contribution in [0.5, 0.6) is 5.75 Å². The van der Waals surface area contributed by atoms with E-state index in [0.717, 1.165) is 5.56 Å². The van der Waals surface area contributed by atoms with Crippen LogP contribution in [-0.4, -0.2) is 0 Å². The number of benzene rings is 2. The molecule has 0 unspecified atom stereocenters. The molecule has 1 aromatic heterocycles. The molecule has 3 aromatic rings. The minimum atomic E-state index is -0.595. The molecule has 94 valence electrons. The monoisotopic (exact) mass is 290 g/mol. The first kappa shape index (κ1) is 15.5. The van der Waals surface area contributed by atoms with Crippen LogP contribution in [-0.2, 0) is 0 Å². The fourth-order valence-electron chi connectivity index (χ4n) is 2.02. The third-order valence-electron chi connectivity index (χ3n) is 3.07. The summed E-state index contributed by atoms with van der Waals surface area (Å²) in [6.45, 7) is 1.96. The average Bonchev–Trinajstić information content (AvgIpc) is 2.44. The first-order chi connectivity index (χ1) is 9.16. The average molecular weight is 290 g/mol. The standard InChI is InChI=1S/C16H12O3.K/c1-10-6-8-11(9-7-10)16-15(18)14(17)12-4-2-3-5-13(12)19-16;/h2-9,18H,1H3;/q;+1/p-1. The van der Waals surface area contributed by atoms with Gasteiger partial charge in [-0.2, -0.15) is 0 Å². The summed E-state index contributed by atoms with van der Waals surface area (Å²) in [4.78, 5) is 12.0. The molecule has 0 radical (unpaired) electrons. The van der Waals surface area contributed by atoms with Gasteiger partial charge in [0, 0.05) is 5.56 Å². The van der Waals surface area contributed by atoms with Gasteiger partial charge in [0.1, 0.15) is 11.3 Å². The van der Waals surface area contributed by atoms with Gasteiger partial charge < -0.3 is 9.52 Å². The fourth-order valence-corrected chi connectivity index (χ4v) is 2.02. The Morgan fingerprint density at radius 1 is 1.00 bits per heavy atom. The number of hydrogen-bond acceptors (Lipinski definition) is 3. The Kier molecular flexibility index (Phi) is 4.83. The molecule has 0 atom stereocenters. The van der Waals surface area contributed by atoms with Crippen molar-refractivity contribution in [2.45, 2.75) is 6.92 Å². The van der Waals surface area contributed by atoms with Gasteiger partial charge in [-0.05, 0) is 24.8 Å². The van der Waals surface area contributed by atoms with Crippen LogP contribution < -0.4 is 61.9 Å². The molecule has 0 aliphatic rings. The van der Waals surface area contributed by atoms with Gasteiger partial charge in [0.05, 0.1) is 5.39 Å². The van der Waals surface area contributed by atoms with Crippen LogP contribution in [0.25, 0.3) is 22.3 Å².